The highest BCUT2D eigenvalue weighted by atomic mass is 79.9. The number of hydrogen-bond donors (Lipinski definition) is 1. The van der Waals surface area contributed by atoms with Crippen LogP contribution in [0.4, 0.5) is 5.69 Å². The van der Waals surface area contributed by atoms with Crippen molar-refractivity contribution in [3.63, 3.8) is 0 Å². The molecule has 2 aromatic heterocycles. The van der Waals surface area contributed by atoms with Crippen LogP contribution in [0.15, 0.2) is 75.9 Å². The van der Waals surface area contributed by atoms with Gasteiger partial charge in [0.25, 0.3) is 11.8 Å². The lowest BCUT2D eigenvalue weighted by Crippen LogP contribution is -2.37. The molecule has 38 heavy (non-hydrogen) atoms. The summed E-state index contributed by atoms with van der Waals surface area (Å²) in [6, 6.07) is 18.9. The highest BCUT2D eigenvalue weighted by molar-refractivity contribution is 9.10. The number of carbonyl (C=O) groups is 2. The van der Waals surface area contributed by atoms with Crippen molar-refractivity contribution in [1.82, 2.24) is 15.0 Å². The predicted octanol–water partition coefficient (Wildman–Crippen LogP) is 6.09. The van der Waals surface area contributed by atoms with Gasteiger partial charge in [0.1, 0.15) is 5.56 Å². The highest BCUT2D eigenvalue weighted by Gasteiger charge is 2.25. The van der Waals surface area contributed by atoms with Gasteiger partial charge in [-0.2, -0.15) is 0 Å². The zero-order chi connectivity index (χ0) is 26.6. The van der Waals surface area contributed by atoms with Crippen LogP contribution < -0.4 is 10.1 Å². The molecule has 2 aromatic carbocycles. The van der Waals surface area contributed by atoms with Crippen LogP contribution in [0.5, 0.6) is 5.88 Å². The molecule has 194 valence electrons. The SMILES string of the molecule is COc1ccc(C(=O)N2CCC(c3ccc(NC(=O)c4c(C)noc4-c4ccc(Br)cc4)cc3)CC2)cn1. The number of carbonyl (C=O) groups excluding carboxylic acids is 2. The summed E-state index contributed by atoms with van der Waals surface area (Å²) in [7, 11) is 1.55. The van der Waals surface area contributed by atoms with E-state index in [-0.39, 0.29) is 11.8 Å². The third-order valence-corrected chi connectivity index (χ3v) is 7.34. The number of piperidine rings is 1. The molecule has 0 bridgehead atoms. The smallest absolute Gasteiger partial charge is 0.261 e. The number of halogens is 1. The second-order valence-electron chi connectivity index (χ2n) is 9.21. The van der Waals surface area contributed by atoms with Crippen molar-refractivity contribution in [1.29, 1.82) is 0 Å². The molecule has 0 unspecified atom stereocenters. The van der Waals surface area contributed by atoms with Crippen molar-refractivity contribution in [2.45, 2.75) is 25.7 Å². The van der Waals surface area contributed by atoms with E-state index in [0.29, 0.717) is 53.2 Å². The fourth-order valence-corrected chi connectivity index (χ4v) is 4.96. The van der Waals surface area contributed by atoms with Gasteiger partial charge in [0, 0.05) is 41.1 Å². The number of rotatable bonds is 6. The van der Waals surface area contributed by atoms with Gasteiger partial charge in [0.05, 0.1) is 18.4 Å². The Morgan fingerprint density at radius 1 is 1.03 bits per heavy atom. The maximum atomic E-state index is 13.1. The van der Waals surface area contributed by atoms with Crippen LogP contribution in [-0.4, -0.2) is 47.1 Å². The van der Waals surface area contributed by atoms with Crippen molar-refractivity contribution in [3.05, 3.63) is 93.7 Å². The first-order valence-corrected chi connectivity index (χ1v) is 13.1. The summed E-state index contributed by atoms with van der Waals surface area (Å²) in [6.45, 7) is 3.12. The lowest BCUT2D eigenvalue weighted by molar-refractivity contribution is 0.0712. The highest BCUT2D eigenvalue weighted by Crippen LogP contribution is 2.31. The summed E-state index contributed by atoms with van der Waals surface area (Å²) in [5.41, 5.74) is 4.18. The molecule has 1 aliphatic heterocycles. The van der Waals surface area contributed by atoms with Gasteiger partial charge in [-0.1, -0.05) is 33.2 Å². The zero-order valence-electron chi connectivity index (χ0n) is 21.1. The summed E-state index contributed by atoms with van der Waals surface area (Å²) in [6.07, 6.45) is 3.30. The molecule has 0 aliphatic carbocycles. The molecule has 1 aliphatic rings. The molecule has 0 atom stereocenters. The molecule has 8 nitrogen and oxygen atoms in total. The number of amides is 2. The van der Waals surface area contributed by atoms with Crippen molar-refractivity contribution >= 4 is 33.4 Å². The van der Waals surface area contributed by atoms with E-state index in [1.165, 1.54) is 5.56 Å². The first-order valence-electron chi connectivity index (χ1n) is 12.4. The maximum Gasteiger partial charge on any atom is 0.261 e. The fraction of sp³-hybridized carbons (Fsp3) is 0.241. The van der Waals surface area contributed by atoms with E-state index >= 15 is 0 Å². The lowest BCUT2D eigenvalue weighted by Gasteiger charge is -2.32. The number of anilines is 1. The van der Waals surface area contributed by atoms with Crippen molar-refractivity contribution in [2.75, 3.05) is 25.5 Å². The molecule has 1 N–H and O–H groups in total. The van der Waals surface area contributed by atoms with E-state index in [4.69, 9.17) is 9.26 Å². The van der Waals surface area contributed by atoms with E-state index in [2.05, 4.69) is 31.4 Å². The van der Waals surface area contributed by atoms with Crippen LogP contribution in [0.25, 0.3) is 11.3 Å². The summed E-state index contributed by atoms with van der Waals surface area (Å²) in [4.78, 5) is 32.0. The molecule has 1 fully saturated rings. The third-order valence-electron chi connectivity index (χ3n) is 6.81. The standard InChI is InChI=1S/C29H27BrN4O4/c1-18-26(27(38-33-18)21-3-8-23(30)9-4-21)28(35)32-24-10-5-19(6-11-24)20-13-15-34(16-14-20)29(36)22-7-12-25(37-2)31-17-22/h3-12,17,20H,13-16H2,1-2H3,(H,32,35). The molecule has 1 saturated heterocycles. The van der Waals surface area contributed by atoms with E-state index in [0.717, 1.165) is 22.9 Å². The normalized spacial score (nSPS) is 13.8. The fourth-order valence-electron chi connectivity index (χ4n) is 4.69. The molecule has 0 saturated carbocycles. The largest absolute Gasteiger partial charge is 0.481 e. The van der Waals surface area contributed by atoms with Crippen LogP contribution in [0.3, 0.4) is 0 Å². The van der Waals surface area contributed by atoms with Crippen LogP contribution in [0.2, 0.25) is 0 Å². The molecule has 3 heterocycles. The second kappa shape index (κ2) is 11.2. The van der Waals surface area contributed by atoms with Crippen LogP contribution in [0, 0.1) is 6.92 Å². The number of nitrogens with zero attached hydrogens (tertiary/aromatic N) is 3. The Bertz CT molecular complexity index is 1430. The van der Waals surface area contributed by atoms with E-state index in [1.54, 1.807) is 32.4 Å². The number of nitrogens with one attached hydrogen (secondary N) is 1. The predicted molar refractivity (Wildman–Crippen MR) is 147 cm³/mol. The zero-order valence-corrected chi connectivity index (χ0v) is 22.7. The summed E-state index contributed by atoms with van der Waals surface area (Å²) in [5, 5.41) is 6.98. The number of likely N-dealkylation sites (tertiary alicyclic amines) is 1. The number of aromatic nitrogens is 2. The average molecular weight is 575 g/mol. The average Bonchev–Trinajstić information content (AvgIpc) is 3.35. The Balaban J connectivity index is 1.20. The minimum atomic E-state index is -0.269. The molecule has 0 spiro atoms. The van der Waals surface area contributed by atoms with Gasteiger partial charge < -0.3 is 19.5 Å². The molecule has 0 radical (unpaired) electrons. The summed E-state index contributed by atoms with van der Waals surface area (Å²) >= 11 is 3.42. The summed E-state index contributed by atoms with van der Waals surface area (Å²) < 4.78 is 11.5. The Morgan fingerprint density at radius 2 is 1.74 bits per heavy atom. The summed E-state index contributed by atoms with van der Waals surface area (Å²) in [5.74, 6) is 0.997. The van der Waals surface area contributed by atoms with Gasteiger partial charge >= 0.3 is 0 Å². The number of hydrogen-bond acceptors (Lipinski definition) is 6. The Morgan fingerprint density at radius 3 is 2.37 bits per heavy atom. The van der Waals surface area contributed by atoms with Gasteiger partial charge in [-0.15, -0.1) is 0 Å². The number of pyridine rings is 1. The quantitative estimate of drug-likeness (QED) is 0.299. The first kappa shape index (κ1) is 25.7. The van der Waals surface area contributed by atoms with Crippen LogP contribution >= 0.6 is 15.9 Å². The number of ether oxygens (including phenoxy) is 1. The number of aryl methyl sites for hydroxylation is 1. The minimum Gasteiger partial charge on any atom is -0.481 e. The van der Waals surface area contributed by atoms with Gasteiger partial charge in [-0.3, -0.25) is 9.59 Å². The Hall–Kier alpha value is -3.98. The number of methoxy groups -OCH3 is 1. The Labute approximate surface area is 229 Å². The topological polar surface area (TPSA) is 97.6 Å². The van der Waals surface area contributed by atoms with Crippen molar-refractivity contribution < 1.29 is 18.8 Å². The van der Waals surface area contributed by atoms with Crippen LogP contribution in [0.1, 0.15) is 50.7 Å². The first-order chi connectivity index (χ1) is 18.4. The Kier molecular flexibility index (Phi) is 7.55. The molecular weight excluding hydrogens is 548 g/mol. The van der Waals surface area contributed by atoms with Crippen LogP contribution in [-0.2, 0) is 0 Å². The van der Waals surface area contributed by atoms with Gasteiger partial charge in [0.2, 0.25) is 5.88 Å². The van der Waals surface area contributed by atoms with Gasteiger partial charge in [0.15, 0.2) is 5.76 Å². The molecule has 5 rings (SSSR count). The molecule has 9 heteroatoms. The van der Waals surface area contributed by atoms with Crippen molar-refractivity contribution in [2.24, 2.45) is 0 Å². The minimum absolute atomic E-state index is 0.0109. The maximum absolute atomic E-state index is 13.1. The van der Waals surface area contributed by atoms with E-state index in [1.807, 2.05) is 53.4 Å². The second-order valence-corrected chi connectivity index (χ2v) is 10.1. The lowest BCUT2D eigenvalue weighted by atomic mass is 9.89. The molecule has 4 aromatic rings. The molecular formula is C29H27BrN4O4. The monoisotopic (exact) mass is 574 g/mol. The van der Waals surface area contributed by atoms with E-state index < -0.39 is 0 Å². The van der Waals surface area contributed by atoms with Gasteiger partial charge in [-0.05, 0) is 73.7 Å². The number of benzene rings is 2. The van der Waals surface area contributed by atoms with Crippen molar-refractivity contribution in [3.8, 4) is 17.2 Å². The molecule has 2 amide bonds. The van der Waals surface area contributed by atoms with E-state index in [9.17, 15) is 9.59 Å². The van der Waals surface area contributed by atoms with Gasteiger partial charge in [-0.25, -0.2) is 4.98 Å². The third kappa shape index (κ3) is 5.47.